The number of hydrogen-bond acceptors (Lipinski definition) is 3. The van der Waals surface area contributed by atoms with E-state index in [0.29, 0.717) is 25.4 Å². The number of amides is 2. The van der Waals surface area contributed by atoms with Crippen LogP contribution in [0.25, 0.3) is 0 Å². The summed E-state index contributed by atoms with van der Waals surface area (Å²) in [6.45, 7) is 5.21. The van der Waals surface area contributed by atoms with Crippen LogP contribution < -0.4 is 10.6 Å². The van der Waals surface area contributed by atoms with E-state index >= 15 is 0 Å². The van der Waals surface area contributed by atoms with Crippen LogP contribution in [0.3, 0.4) is 0 Å². The molecule has 1 aliphatic heterocycles. The van der Waals surface area contributed by atoms with Crippen molar-refractivity contribution in [1.82, 2.24) is 14.9 Å². The minimum absolute atomic E-state index is 0.0980. The number of imidazole rings is 1. The highest BCUT2D eigenvalue weighted by molar-refractivity contribution is 6.05. The van der Waals surface area contributed by atoms with Gasteiger partial charge in [-0.1, -0.05) is 26.0 Å². The van der Waals surface area contributed by atoms with E-state index in [4.69, 9.17) is 0 Å². The van der Waals surface area contributed by atoms with E-state index in [1.807, 2.05) is 18.4 Å². The molecule has 0 radical (unpaired) electrons. The largest absolute Gasteiger partial charge is 0.349 e. The summed E-state index contributed by atoms with van der Waals surface area (Å²) < 4.78 is 15.6. The summed E-state index contributed by atoms with van der Waals surface area (Å²) in [6, 6.07) is 5.97. The summed E-state index contributed by atoms with van der Waals surface area (Å²) in [6.07, 6.45) is 2.53. The van der Waals surface area contributed by atoms with Gasteiger partial charge in [-0.2, -0.15) is 0 Å². The van der Waals surface area contributed by atoms with Gasteiger partial charge in [0.2, 0.25) is 0 Å². The van der Waals surface area contributed by atoms with Crippen LogP contribution in [-0.2, 0) is 13.0 Å². The molecule has 0 saturated heterocycles. The molecule has 2 heterocycles. The Bertz CT molecular complexity index is 829. The molecule has 0 unspecified atom stereocenters. The SMILES string of the molecule is CC(C)CNC(=O)c1nc(C(=O)Nc2ccccc2F)c2n1CCCC2. The third kappa shape index (κ3) is 3.76. The van der Waals surface area contributed by atoms with Crippen LogP contribution >= 0.6 is 0 Å². The van der Waals surface area contributed by atoms with Crippen molar-refractivity contribution in [2.45, 2.75) is 39.7 Å². The van der Waals surface area contributed by atoms with Gasteiger partial charge >= 0.3 is 0 Å². The number of nitrogens with zero attached hydrogens (tertiary/aromatic N) is 2. The molecule has 2 amide bonds. The topological polar surface area (TPSA) is 76.0 Å². The van der Waals surface area contributed by atoms with Gasteiger partial charge in [-0.15, -0.1) is 0 Å². The van der Waals surface area contributed by atoms with Crippen LogP contribution in [0, 0.1) is 11.7 Å². The Morgan fingerprint density at radius 1 is 1.23 bits per heavy atom. The first-order valence-corrected chi connectivity index (χ1v) is 8.91. The highest BCUT2D eigenvalue weighted by Crippen LogP contribution is 2.23. The molecule has 0 atom stereocenters. The molecule has 0 bridgehead atoms. The number of rotatable bonds is 5. The van der Waals surface area contributed by atoms with E-state index < -0.39 is 11.7 Å². The molecular formula is C19H23FN4O2. The molecule has 1 aliphatic rings. The van der Waals surface area contributed by atoms with E-state index in [1.54, 1.807) is 12.1 Å². The molecule has 138 valence electrons. The van der Waals surface area contributed by atoms with Gasteiger partial charge in [-0.3, -0.25) is 9.59 Å². The van der Waals surface area contributed by atoms with E-state index in [1.165, 1.54) is 12.1 Å². The molecule has 3 rings (SSSR count). The fraction of sp³-hybridized carbons (Fsp3) is 0.421. The number of nitrogens with one attached hydrogen (secondary N) is 2. The second kappa shape index (κ2) is 7.68. The number of para-hydroxylation sites is 1. The smallest absolute Gasteiger partial charge is 0.287 e. The number of fused-ring (bicyclic) bond motifs is 1. The Hall–Kier alpha value is -2.70. The summed E-state index contributed by atoms with van der Waals surface area (Å²) in [4.78, 5) is 29.5. The second-order valence-corrected chi connectivity index (χ2v) is 6.88. The predicted molar refractivity (Wildman–Crippen MR) is 96.7 cm³/mol. The van der Waals surface area contributed by atoms with E-state index in [-0.39, 0.29) is 23.1 Å². The van der Waals surface area contributed by atoms with Gasteiger partial charge in [-0.05, 0) is 37.3 Å². The zero-order valence-electron chi connectivity index (χ0n) is 15.0. The van der Waals surface area contributed by atoms with Gasteiger partial charge in [0.05, 0.1) is 11.4 Å². The quantitative estimate of drug-likeness (QED) is 0.863. The molecule has 26 heavy (non-hydrogen) atoms. The molecule has 1 aromatic carbocycles. The van der Waals surface area contributed by atoms with Crippen molar-refractivity contribution in [2.24, 2.45) is 5.92 Å². The number of carbonyl (C=O) groups excluding carboxylic acids is 2. The lowest BCUT2D eigenvalue weighted by atomic mass is 10.1. The number of anilines is 1. The average molecular weight is 358 g/mol. The number of hydrogen-bond donors (Lipinski definition) is 2. The van der Waals surface area contributed by atoms with E-state index in [9.17, 15) is 14.0 Å². The second-order valence-electron chi connectivity index (χ2n) is 6.88. The molecule has 6 nitrogen and oxygen atoms in total. The summed E-state index contributed by atoms with van der Waals surface area (Å²) in [5.41, 5.74) is 1.03. The van der Waals surface area contributed by atoms with Crippen LogP contribution in [0.15, 0.2) is 24.3 Å². The molecule has 2 N–H and O–H groups in total. The third-order valence-electron chi connectivity index (χ3n) is 4.33. The van der Waals surface area contributed by atoms with Crippen molar-refractivity contribution >= 4 is 17.5 Å². The average Bonchev–Trinajstić information content (AvgIpc) is 3.01. The minimum atomic E-state index is -0.510. The van der Waals surface area contributed by atoms with Crippen molar-refractivity contribution in [3.05, 3.63) is 47.3 Å². The van der Waals surface area contributed by atoms with Gasteiger partial charge in [0, 0.05) is 13.1 Å². The molecule has 0 spiro atoms. The minimum Gasteiger partial charge on any atom is -0.349 e. The van der Waals surface area contributed by atoms with Crippen molar-refractivity contribution in [1.29, 1.82) is 0 Å². The van der Waals surface area contributed by atoms with Crippen molar-refractivity contribution in [3.8, 4) is 0 Å². The summed E-state index contributed by atoms with van der Waals surface area (Å²) in [7, 11) is 0. The molecule has 0 aliphatic carbocycles. The number of carbonyl (C=O) groups is 2. The van der Waals surface area contributed by atoms with Crippen molar-refractivity contribution < 1.29 is 14.0 Å². The van der Waals surface area contributed by atoms with Crippen LogP contribution in [0.2, 0.25) is 0 Å². The number of benzene rings is 1. The van der Waals surface area contributed by atoms with Gasteiger partial charge in [0.25, 0.3) is 11.8 Å². The monoisotopic (exact) mass is 358 g/mol. The first kappa shape index (κ1) is 18.1. The molecule has 0 saturated carbocycles. The van der Waals surface area contributed by atoms with Gasteiger partial charge < -0.3 is 15.2 Å². The summed E-state index contributed by atoms with van der Waals surface area (Å²) in [5.74, 6) is -0.725. The maximum Gasteiger partial charge on any atom is 0.287 e. The van der Waals surface area contributed by atoms with Crippen LogP contribution in [0.4, 0.5) is 10.1 Å². The predicted octanol–water partition coefficient (Wildman–Crippen LogP) is 3.00. The van der Waals surface area contributed by atoms with Gasteiger partial charge in [0.15, 0.2) is 11.5 Å². The van der Waals surface area contributed by atoms with Crippen LogP contribution in [-0.4, -0.2) is 27.9 Å². The van der Waals surface area contributed by atoms with Crippen LogP contribution in [0.5, 0.6) is 0 Å². The Balaban J connectivity index is 1.88. The molecular weight excluding hydrogens is 335 g/mol. The highest BCUT2D eigenvalue weighted by atomic mass is 19.1. The first-order chi connectivity index (χ1) is 12.5. The standard InChI is InChI=1S/C19H23FN4O2/c1-12(2)11-21-19(26)17-23-16(15-9-5-6-10-24(15)17)18(25)22-14-8-4-3-7-13(14)20/h3-4,7-8,12H,5-6,9-11H2,1-2H3,(H,21,26)(H,22,25). The Morgan fingerprint density at radius 3 is 2.73 bits per heavy atom. The lowest BCUT2D eigenvalue weighted by Crippen LogP contribution is -2.30. The van der Waals surface area contributed by atoms with Crippen molar-refractivity contribution in [3.63, 3.8) is 0 Å². The lowest BCUT2D eigenvalue weighted by molar-refractivity contribution is 0.0933. The van der Waals surface area contributed by atoms with Crippen LogP contribution in [0.1, 0.15) is 53.5 Å². The van der Waals surface area contributed by atoms with Gasteiger partial charge in [-0.25, -0.2) is 9.37 Å². The van der Waals surface area contributed by atoms with Gasteiger partial charge in [0.1, 0.15) is 5.82 Å². The number of aromatic nitrogens is 2. The summed E-state index contributed by atoms with van der Waals surface area (Å²) in [5, 5.41) is 5.40. The molecule has 7 heteroatoms. The summed E-state index contributed by atoms with van der Waals surface area (Å²) >= 11 is 0. The van der Waals surface area contributed by atoms with Crippen molar-refractivity contribution in [2.75, 3.05) is 11.9 Å². The maximum absolute atomic E-state index is 13.8. The molecule has 2 aromatic rings. The normalized spacial score (nSPS) is 13.4. The molecule has 1 aromatic heterocycles. The van der Waals surface area contributed by atoms with E-state index in [2.05, 4.69) is 15.6 Å². The number of halogens is 1. The fourth-order valence-corrected chi connectivity index (χ4v) is 3.02. The zero-order chi connectivity index (χ0) is 18.7. The lowest BCUT2D eigenvalue weighted by Gasteiger charge is -2.17. The third-order valence-corrected chi connectivity index (χ3v) is 4.33. The Morgan fingerprint density at radius 2 is 2.00 bits per heavy atom. The highest BCUT2D eigenvalue weighted by Gasteiger charge is 2.27. The Kier molecular flexibility index (Phi) is 5.35. The maximum atomic E-state index is 13.8. The van der Waals surface area contributed by atoms with E-state index in [0.717, 1.165) is 18.5 Å². The Labute approximate surface area is 151 Å². The molecule has 0 fully saturated rings. The zero-order valence-corrected chi connectivity index (χ0v) is 15.0. The first-order valence-electron chi connectivity index (χ1n) is 8.91. The fourth-order valence-electron chi connectivity index (χ4n) is 3.02.